The van der Waals surface area contributed by atoms with Crippen molar-refractivity contribution in [1.29, 1.82) is 0 Å². The van der Waals surface area contributed by atoms with Gasteiger partial charge >= 0.3 is 0 Å². The molecule has 0 aromatic rings. The number of aliphatic hydroxyl groups is 6. The van der Waals surface area contributed by atoms with Crippen molar-refractivity contribution in [2.45, 2.75) is 146 Å². The van der Waals surface area contributed by atoms with E-state index in [4.69, 9.17) is 18.9 Å². The normalized spacial score (nSPS) is 32.1. The minimum absolute atomic E-state index is 0.0291. The molecule has 45 heavy (non-hydrogen) atoms. The molecule has 0 radical (unpaired) electrons. The summed E-state index contributed by atoms with van der Waals surface area (Å²) in [5.41, 5.74) is 0. The highest BCUT2D eigenvalue weighted by molar-refractivity contribution is 5.86. The van der Waals surface area contributed by atoms with Gasteiger partial charge in [0.25, 0.3) is 0 Å². The van der Waals surface area contributed by atoms with Gasteiger partial charge in [0.15, 0.2) is 12.6 Å². The molecule has 2 saturated heterocycles. The minimum Gasteiger partial charge on any atom is -0.388 e. The third-order valence-corrected chi connectivity index (χ3v) is 8.14. The zero-order valence-corrected chi connectivity index (χ0v) is 26.9. The van der Waals surface area contributed by atoms with Crippen molar-refractivity contribution in [3.63, 3.8) is 0 Å². The number of Topliss-reactive ketones (excluding diaryl/α,β-unsaturated/α-hetero) is 3. The van der Waals surface area contributed by atoms with Crippen LogP contribution in [0.25, 0.3) is 0 Å². The highest BCUT2D eigenvalue weighted by atomic mass is 16.7. The molecule has 0 amide bonds. The molecule has 0 aromatic heterocycles. The molecule has 14 nitrogen and oxygen atoms in total. The molecule has 2 aliphatic rings. The van der Waals surface area contributed by atoms with Crippen LogP contribution in [0.5, 0.6) is 0 Å². The van der Waals surface area contributed by atoms with E-state index in [2.05, 4.69) is 6.92 Å². The number of hydrogen-bond donors (Lipinski definition) is 6. The van der Waals surface area contributed by atoms with E-state index in [0.717, 1.165) is 32.1 Å². The fraction of sp³-hybridized carbons (Fsp3) is 0.903. The van der Waals surface area contributed by atoms with Gasteiger partial charge in [-0.25, -0.2) is 0 Å². The third kappa shape index (κ3) is 13.7. The fourth-order valence-electron chi connectivity index (χ4n) is 5.32. The number of nitrogens with zero attached hydrogens (tertiary/aromatic N) is 1. The Bertz CT molecular complexity index is 836. The molecule has 262 valence electrons. The molecular formula is C31H55NO13. The summed E-state index contributed by atoms with van der Waals surface area (Å²) in [6.07, 6.45) is -5.89. The first kappa shape index (κ1) is 39.7. The van der Waals surface area contributed by atoms with Crippen molar-refractivity contribution < 1.29 is 64.0 Å². The first-order chi connectivity index (χ1) is 21.3. The van der Waals surface area contributed by atoms with Gasteiger partial charge in [-0.1, -0.05) is 32.6 Å². The Morgan fingerprint density at radius 3 is 1.33 bits per heavy atom. The zero-order valence-electron chi connectivity index (χ0n) is 26.9. The van der Waals surface area contributed by atoms with Crippen molar-refractivity contribution in [3.05, 3.63) is 0 Å². The molecule has 2 rings (SSSR count). The van der Waals surface area contributed by atoms with Crippen LogP contribution in [-0.2, 0) is 33.3 Å². The molecule has 0 aliphatic carbocycles. The van der Waals surface area contributed by atoms with E-state index in [1.165, 1.54) is 0 Å². The summed E-state index contributed by atoms with van der Waals surface area (Å²) >= 11 is 0. The maximum atomic E-state index is 12.8. The number of carbonyl (C=O) groups is 3. The van der Waals surface area contributed by atoms with E-state index in [-0.39, 0.29) is 75.9 Å². The molecule has 2 heterocycles. The van der Waals surface area contributed by atoms with Crippen LogP contribution >= 0.6 is 0 Å². The first-order valence-corrected chi connectivity index (χ1v) is 16.3. The lowest BCUT2D eigenvalue weighted by Gasteiger charge is -2.38. The Morgan fingerprint density at radius 1 is 0.556 bits per heavy atom. The smallest absolute Gasteiger partial charge is 0.186 e. The lowest BCUT2D eigenvalue weighted by Crippen LogP contribution is -2.57. The Labute approximate surface area is 265 Å². The van der Waals surface area contributed by atoms with E-state index in [9.17, 15) is 45.0 Å². The predicted molar refractivity (Wildman–Crippen MR) is 160 cm³/mol. The summed E-state index contributed by atoms with van der Waals surface area (Å²) in [4.78, 5) is 39.8. The van der Waals surface area contributed by atoms with Gasteiger partial charge in [0.2, 0.25) is 0 Å². The predicted octanol–water partition coefficient (Wildman–Crippen LogP) is -0.395. The fourth-order valence-corrected chi connectivity index (χ4v) is 5.32. The van der Waals surface area contributed by atoms with Gasteiger partial charge in [0.1, 0.15) is 54.0 Å². The van der Waals surface area contributed by atoms with E-state index in [1.807, 2.05) is 0 Å². The van der Waals surface area contributed by atoms with Crippen LogP contribution in [-0.4, -0.2) is 147 Å². The number of unbranched alkanes of at least 4 members (excludes halogenated alkanes) is 4. The minimum atomic E-state index is -1.44. The summed E-state index contributed by atoms with van der Waals surface area (Å²) in [7, 11) is 0. The summed E-state index contributed by atoms with van der Waals surface area (Å²) in [6.45, 7) is 5.06. The number of hydrogen-bond acceptors (Lipinski definition) is 14. The molecule has 0 spiro atoms. The quantitative estimate of drug-likeness (QED) is 0.0825. The molecular weight excluding hydrogens is 594 g/mol. The summed E-state index contributed by atoms with van der Waals surface area (Å²) < 4.78 is 21.7. The van der Waals surface area contributed by atoms with E-state index < -0.39 is 61.4 Å². The standard InChI is InChI=1S/C31H55NO13/c1-4-5-6-7-8-11-21(33)16-32(17-22(34)12-9-14-42-30-28(40)26(38)24(36)19(2)44-30)18-23(35)13-10-15-43-31-29(41)27(39)25(37)20(3)45-31/h19-20,24-31,36-41H,4-18H2,1-3H3/t19-,20-,24+,25+,26+,27+,28-,29-,30+,31+/m0/s1. The zero-order chi connectivity index (χ0) is 33.5. The SMILES string of the molecule is CCCCCCCC(=O)CN(CC(=O)CCCO[C@@H]1O[C@@H](C)[C@@H](O)[C@@H](O)[C@@H]1O)CC(=O)CCCO[C@@H]1O[C@@H](C)[C@@H](O)[C@@H](O)[C@@H]1O. The molecule has 6 N–H and O–H groups in total. The molecule has 0 bridgehead atoms. The Balaban J connectivity index is 1.80. The lowest BCUT2D eigenvalue weighted by atomic mass is 10.00. The number of carbonyl (C=O) groups excluding carboxylic acids is 3. The Hall–Kier alpha value is -1.43. The van der Waals surface area contributed by atoms with E-state index >= 15 is 0 Å². The van der Waals surface area contributed by atoms with Crippen molar-refractivity contribution in [3.8, 4) is 0 Å². The maximum Gasteiger partial charge on any atom is 0.186 e. The molecule has 2 aliphatic heterocycles. The van der Waals surface area contributed by atoms with E-state index in [1.54, 1.807) is 18.7 Å². The van der Waals surface area contributed by atoms with Crippen molar-refractivity contribution in [2.24, 2.45) is 0 Å². The molecule has 0 unspecified atom stereocenters. The number of rotatable bonds is 22. The van der Waals surface area contributed by atoms with Crippen LogP contribution in [0.3, 0.4) is 0 Å². The Morgan fingerprint density at radius 2 is 0.933 bits per heavy atom. The first-order valence-electron chi connectivity index (χ1n) is 16.3. The summed E-state index contributed by atoms with van der Waals surface area (Å²) in [6, 6.07) is 0. The monoisotopic (exact) mass is 649 g/mol. The largest absolute Gasteiger partial charge is 0.388 e. The van der Waals surface area contributed by atoms with Crippen LogP contribution in [0.15, 0.2) is 0 Å². The molecule has 10 atom stereocenters. The summed E-state index contributed by atoms with van der Waals surface area (Å²) in [5.74, 6) is -0.439. The average molecular weight is 650 g/mol. The number of ketones is 3. The van der Waals surface area contributed by atoms with Gasteiger partial charge in [-0.05, 0) is 33.1 Å². The second kappa shape index (κ2) is 20.7. The van der Waals surface area contributed by atoms with Crippen molar-refractivity contribution in [1.82, 2.24) is 4.90 Å². The van der Waals surface area contributed by atoms with Crippen molar-refractivity contribution >= 4 is 17.3 Å². The van der Waals surface area contributed by atoms with Gasteiger partial charge in [-0.3, -0.25) is 19.3 Å². The second-order valence-corrected chi connectivity index (χ2v) is 12.2. The lowest BCUT2D eigenvalue weighted by molar-refractivity contribution is -0.293. The maximum absolute atomic E-state index is 12.8. The number of ether oxygens (including phenoxy) is 4. The van der Waals surface area contributed by atoms with Gasteiger partial charge < -0.3 is 49.6 Å². The molecule has 14 heteroatoms. The third-order valence-electron chi connectivity index (χ3n) is 8.14. The number of aliphatic hydroxyl groups excluding tert-OH is 6. The van der Waals surface area contributed by atoms with Gasteiger partial charge in [0, 0.05) is 19.3 Å². The van der Waals surface area contributed by atoms with Crippen LogP contribution in [0.2, 0.25) is 0 Å². The van der Waals surface area contributed by atoms with Gasteiger partial charge in [0.05, 0.1) is 45.1 Å². The van der Waals surface area contributed by atoms with Crippen molar-refractivity contribution in [2.75, 3.05) is 32.8 Å². The van der Waals surface area contributed by atoms with Gasteiger partial charge in [-0.2, -0.15) is 0 Å². The topological polar surface area (TPSA) is 213 Å². The van der Waals surface area contributed by atoms with E-state index in [0.29, 0.717) is 6.42 Å². The highest BCUT2D eigenvalue weighted by Crippen LogP contribution is 2.23. The van der Waals surface area contributed by atoms with Crippen LogP contribution in [0, 0.1) is 0 Å². The molecule has 0 aromatic carbocycles. The van der Waals surface area contributed by atoms with Crippen LogP contribution < -0.4 is 0 Å². The van der Waals surface area contributed by atoms with Gasteiger partial charge in [-0.15, -0.1) is 0 Å². The van der Waals surface area contributed by atoms with Crippen LogP contribution in [0.1, 0.15) is 85.0 Å². The Kier molecular flexibility index (Phi) is 18.3. The van der Waals surface area contributed by atoms with Crippen LogP contribution in [0.4, 0.5) is 0 Å². The average Bonchev–Trinajstić information content (AvgIpc) is 2.99. The second-order valence-electron chi connectivity index (χ2n) is 12.2. The summed E-state index contributed by atoms with van der Waals surface area (Å²) in [5, 5.41) is 59.6. The highest BCUT2D eigenvalue weighted by Gasteiger charge is 2.43. The molecule has 2 fully saturated rings. The molecule has 0 saturated carbocycles.